The number of imidazole rings is 1. The predicted octanol–water partition coefficient (Wildman–Crippen LogP) is 13.1. The van der Waals surface area contributed by atoms with E-state index in [2.05, 4.69) is 67.0 Å². The van der Waals surface area contributed by atoms with E-state index in [4.69, 9.17) is 17.9 Å². The van der Waals surface area contributed by atoms with Gasteiger partial charge in [-0.25, -0.2) is 4.98 Å². The van der Waals surface area contributed by atoms with E-state index in [0.29, 0.717) is 22.6 Å². The van der Waals surface area contributed by atoms with Crippen LogP contribution < -0.4 is 9.30 Å². The zero-order chi connectivity index (χ0) is 51.4. The molecule has 9 aromatic rings. The van der Waals surface area contributed by atoms with Crippen molar-refractivity contribution in [3.63, 3.8) is 0 Å². The van der Waals surface area contributed by atoms with E-state index < -0.39 is 71.3 Å². The second-order valence-electron chi connectivity index (χ2n) is 18.2. The first-order valence-electron chi connectivity index (χ1n) is 25.2. The van der Waals surface area contributed by atoms with Gasteiger partial charge in [-0.05, 0) is 84.5 Å². The summed E-state index contributed by atoms with van der Waals surface area (Å²) in [4.78, 5) is 9.41. The fourth-order valence-corrected chi connectivity index (χ4v) is 7.75. The van der Waals surface area contributed by atoms with Crippen LogP contribution in [0.1, 0.15) is 92.7 Å². The molecule has 0 spiro atoms. The number of hydrogen-bond donors (Lipinski definition) is 0. The predicted molar refractivity (Wildman–Crippen MR) is 247 cm³/mol. The molecule has 0 unspecified atom stereocenters. The van der Waals surface area contributed by atoms with Gasteiger partial charge in [0.15, 0.2) is 0 Å². The van der Waals surface area contributed by atoms with Crippen molar-refractivity contribution >= 4 is 21.8 Å². The van der Waals surface area contributed by atoms with Crippen LogP contribution >= 0.6 is 0 Å². The van der Waals surface area contributed by atoms with Crippen molar-refractivity contribution in [1.29, 1.82) is 0 Å². The third kappa shape index (κ3) is 8.05. The Balaban J connectivity index is 0.00000693. The van der Waals surface area contributed by atoms with Crippen molar-refractivity contribution in [1.82, 2.24) is 19.1 Å². The number of nitrogens with zero attached hydrogens (tertiary/aromatic N) is 5. The molecule has 0 atom stereocenters. The number of aromatic nitrogens is 5. The third-order valence-electron chi connectivity index (χ3n) is 10.7. The number of para-hydroxylation sites is 1. The average molecular weight is 1000 g/mol. The molecular weight excluding hydrogens is 942 g/mol. The maximum Gasteiger partial charge on any atom is 0.268 e. The van der Waals surface area contributed by atoms with Crippen LogP contribution in [0.15, 0.2) is 146 Å². The quantitative estimate of drug-likeness (QED) is 0.118. The van der Waals surface area contributed by atoms with E-state index in [1.165, 1.54) is 0 Å². The molecular formula is C55H51N5OPt-2. The third-order valence-corrected chi connectivity index (χ3v) is 10.7. The van der Waals surface area contributed by atoms with Crippen LogP contribution in [0.3, 0.4) is 0 Å². The van der Waals surface area contributed by atoms with Crippen molar-refractivity contribution in [3.8, 4) is 51.1 Å². The van der Waals surface area contributed by atoms with Crippen LogP contribution in [-0.2, 0) is 37.3 Å². The van der Waals surface area contributed by atoms with E-state index in [9.17, 15) is 5.48 Å². The summed E-state index contributed by atoms with van der Waals surface area (Å²) in [7, 11) is 0. The van der Waals surface area contributed by atoms with Gasteiger partial charge in [-0.3, -0.25) is 14.1 Å². The maximum atomic E-state index is 9.29. The summed E-state index contributed by atoms with van der Waals surface area (Å²) in [6.07, 6.45) is 9.98. The Kier molecular flexibility index (Phi) is 8.34. The normalized spacial score (nSPS) is 14.4. The van der Waals surface area contributed by atoms with Crippen LogP contribution in [0.5, 0.6) is 11.5 Å². The van der Waals surface area contributed by atoms with Crippen molar-refractivity contribution in [2.24, 2.45) is 0 Å². The Bertz CT molecular complexity index is 3500. The first kappa shape index (κ1) is 31.7. The second-order valence-corrected chi connectivity index (χ2v) is 18.2. The van der Waals surface area contributed by atoms with Gasteiger partial charge in [-0.2, -0.15) is 18.2 Å². The van der Waals surface area contributed by atoms with Crippen LogP contribution in [0, 0.1) is 18.5 Å². The fraction of sp³-hybridized carbons (Fsp3) is 0.218. The largest absolute Gasteiger partial charge is 0.522 e. The molecule has 0 N–H and O–H groups in total. The first-order chi connectivity index (χ1) is 33.3. The number of rotatable bonds is 7. The molecule has 0 amide bonds. The van der Waals surface area contributed by atoms with E-state index in [0.717, 1.165) is 33.2 Å². The number of hydrogen-bond acceptors (Lipinski definition) is 3. The standard InChI is InChI=1S/C55H51N5O.Pt/c1-53(2,3)39-26-28-57-49(32-39)60-46-23-17-16-22-42(46)43-25-24-40(33-47(43)60)61-41-27-29-56-48(34-41)58-30-31-59(36-58)52-50(37-18-12-10-13-19-37)44(54(4,5)6)35-45(55(7,8)9)51(52)38-20-14-11-15-21-38;/h10-32,35H,1-9H3;/q-2;/i10D,11D,12D,13D,14D,15D,18D,19D,20D,21D;. The van der Waals surface area contributed by atoms with Gasteiger partial charge < -0.3 is 9.30 Å². The summed E-state index contributed by atoms with van der Waals surface area (Å²) in [6.45, 7) is 18.2. The monoisotopic (exact) mass is 1000 g/mol. The number of fused-ring (bicyclic) bond motifs is 3. The Hall–Kier alpha value is -6.10. The van der Waals surface area contributed by atoms with Crippen LogP contribution in [0.4, 0.5) is 0 Å². The molecule has 0 bridgehead atoms. The van der Waals surface area contributed by atoms with E-state index in [1.54, 1.807) is 33.8 Å². The Morgan fingerprint density at radius 2 is 1.26 bits per heavy atom. The summed E-state index contributed by atoms with van der Waals surface area (Å²) in [5, 5.41) is 2.01. The minimum absolute atomic E-state index is 0. The summed E-state index contributed by atoms with van der Waals surface area (Å²) in [5.74, 6) is 1.71. The summed E-state index contributed by atoms with van der Waals surface area (Å²) in [5.41, 5.74) is 2.83. The van der Waals surface area contributed by atoms with Gasteiger partial charge in [-0.15, -0.1) is 17.5 Å². The SMILES string of the molecule is [2H]c1c([2H])c([2H])c(-c2c(C(C)(C)C)cc(C(C)(C)C)c(-c3c([2H])c([2H])c([2H])c([2H])c3[2H])c2-[n+]2[c-]n(-c3[c-]c(Oc4[c-]c5c(cc4)c4ccccc4n5-c4cc(C(C)(C)C)ccn4)ccn3)cc2)c([2H])c1[2H].[Pt]. The first-order valence-corrected chi connectivity index (χ1v) is 20.2. The van der Waals surface area contributed by atoms with Crippen molar-refractivity contribution in [2.75, 3.05) is 0 Å². The summed E-state index contributed by atoms with van der Waals surface area (Å²) in [6, 6.07) is 21.1. The minimum Gasteiger partial charge on any atom is -0.522 e. The second kappa shape index (κ2) is 16.3. The van der Waals surface area contributed by atoms with Crippen molar-refractivity contribution in [2.45, 2.75) is 78.6 Å². The minimum atomic E-state index is -0.739. The van der Waals surface area contributed by atoms with E-state index in [-0.39, 0.29) is 60.2 Å². The molecule has 7 heteroatoms. The molecule has 0 saturated carbocycles. The molecule has 62 heavy (non-hydrogen) atoms. The molecule has 9 rings (SSSR count). The molecule has 5 aromatic carbocycles. The van der Waals surface area contributed by atoms with Crippen molar-refractivity contribution < 1.29 is 44.1 Å². The van der Waals surface area contributed by atoms with Crippen molar-refractivity contribution in [3.05, 3.63) is 181 Å². The topological polar surface area (TPSA) is 48.8 Å². The molecule has 6 nitrogen and oxygen atoms in total. The van der Waals surface area contributed by atoms with Crippen LogP contribution in [0.2, 0.25) is 0 Å². The van der Waals surface area contributed by atoms with E-state index in [1.807, 2.05) is 84.1 Å². The van der Waals surface area contributed by atoms with Gasteiger partial charge in [0.25, 0.3) is 6.33 Å². The van der Waals surface area contributed by atoms with Gasteiger partial charge in [0.2, 0.25) is 0 Å². The van der Waals surface area contributed by atoms with Crippen LogP contribution in [0.25, 0.3) is 61.4 Å². The average Bonchev–Trinajstić information content (AvgIpc) is 3.94. The van der Waals surface area contributed by atoms with Gasteiger partial charge in [0.1, 0.15) is 5.82 Å². The van der Waals surface area contributed by atoms with Gasteiger partial charge in [0, 0.05) is 50.9 Å². The molecule has 0 saturated heterocycles. The fourth-order valence-electron chi connectivity index (χ4n) is 7.75. The molecule has 4 heterocycles. The van der Waals surface area contributed by atoms with Gasteiger partial charge in [-0.1, -0.05) is 159 Å². The number of ether oxygens (including phenoxy) is 1. The maximum absolute atomic E-state index is 9.29. The Morgan fingerprint density at radius 3 is 1.89 bits per heavy atom. The zero-order valence-electron chi connectivity index (χ0n) is 46.0. The van der Waals surface area contributed by atoms with Gasteiger partial charge >= 0.3 is 0 Å². The smallest absolute Gasteiger partial charge is 0.268 e. The molecule has 0 aliphatic carbocycles. The molecule has 314 valence electrons. The molecule has 4 aromatic heterocycles. The van der Waals surface area contributed by atoms with Crippen LogP contribution in [-0.4, -0.2) is 19.1 Å². The number of pyridine rings is 2. The molecule has 0 fully saturated rings. The zero-order valence-corrected chi connectivity index (χ0v) is 38.3. The molecule has 0 aliphatic heterocycles. The molecule has 0 radical (unpaired) electrons. The molecule has 0 aliphatic rings. The van der Waals surface area contributed by atoms with Gasteiger partial charge in [0.05, 0.1) is 25.2 Å². The summed E-state index contributed by atoms with van der Waals surface area (Å²) >= 11 is 0. The number of benzene rings is 5. The Morgan fingerprint density at radius 1 is 0.645 bits per heavy atom. The summed E-state index contributed by atoms with van der Waals surface area (Å²) < 4.78 is 101. The Labute approximate surface area is 394 Å². The van der Waals surface area contributed by atoms with E-state index >= 15 is 0 Å².